The summed E-state index contributed by atoms with van der Waals surface area (Å²) in [6, 6.07) is 21.2. The van der Waals surface area contributed by atoms with E-state index in [1.165, 1.54) is 33.4 Å². The van der Waals surface area contributed by atoms with E-state index in [9.17, 15) is 0 Å². The Morgan fingerprint density at radius 1 is 0.618 bits per heavy atom. The standard InChI is InChI=1S/C30H32N2O2/c31-14-12-25-6-4-23-8-10-27(17-29(23)25)33-19-21-2-1-3-22(16-21)20-34-28-11-9-24-5-7-26(13-15-32)30(24)18-28/h1-3,6-11,16-18H,4-5,12-15,19-20,31-32H2. The van der Waals surface area contributed by atoms with Gasteiger partial charge in [-0.15, -0.1) is 0 Å². The molecule has 3 aromatic rings. The lowest BCUT2D eigenvalue weighted by molar-refractivity contribution is 0.299. The van der Waals surface area contributed by atoms with Crippen LogP contribution in [0.3, 0.4) is 0 Å². The van der Waals surface area contributed by atoms with Crippen LogP contribution in [0, 0.1) is 0 Å². The van der Waals surface area contributed by atoms with Crippen molar-refractivity contribution in [3.05, 3.63) is 106 Å². The molecule has 5 rings (SSSR count). The second-order valence-corrected chi connectivity index (χ2v) is 8.98. The minimum absolute atomic E-state index is 0.522. The van der Waals surface area contributed by atoms with Gasteiger partial charge in [0.25, 0.3) is 0 Å². The van der Waals surface area contributed by atoms with Crippen LogP contribution in [-0.4, -0.2) is 13.1 Å². The van der Waals surface area contributed by atoms with Crippen molar-refractivity contribution in [2.75, 3.05) is 13.1 Å². The van der Waals surface area contributed by atoms with Crippen LogP contribution < -0.4 is 20.9 Å². The van der Waals surface area contributed by atoms with Gasteiger partial charge in [0.05, 0.1) is 0 Å². The molecule has 0 fully saturated rings. The first-order chi connectivity index (χ1) is 16.7. The quantitative estimate of drug-likeness (QED) is 0.431. The number of rotatable bonds is 10. The molecular formula is C30H32N2O2. The highest BCUT2D eigenvalue weighted by molar-refractivity contribution is 5.75. The molecular weight excluding hydrogens is 420 g/mol. The van der Waals surface area contributed by atoms with Crippen molar-refractivity contribution in [3.8, 4) is 11.5 Å². The van der Waals surface area contributed by atoms with E-state index in [1.807, 2.05) is 0 Å². The van der Waals surface area contributed by atoms with Crippen LogP contribution >= 0.6 is 0 Å². The van der Waals surface area contributed by atoms with E-state index in [-0.39, 0.29) is 0 Å². The second-order valence-electron chi connectivity index (χ2n) is 8.98. The van der Waals surface area contributed by atoms with E-state index in [0.717, 1.165) is 48.3 Å². The van der Waals surface area contributed by atoms with Gasteiger partial charge in [0.2, 0.25) is 0 Å². The van der Waals surface area contributed by atoms with E-state index in [4.69, 9.17) is 20.9 Å². The van der Waals surface area contributed by atoms with Gasteiger partial charge in [-0.1, -0.05) is 42.5 Å². The van der Waals surface area contributed by atoms with E-state index in [1.54, 1.807) is 0 Å². The van der Waals surface area contributed by atoms with Crippen molar-refractivity contribution in [2.24, 2.45) is 11.5 Å². The van der Waals surface area contributed by atoms with Gasteiger partial charge in [-0.3, -0.25) is 0 Å². The highest BCUT2D eigenvalue weighted by Crippen LogP contribution is 2.34. The third-order valence-electron chi connectivity index (χ3n) is 6.62. The van der Waals surface area contributed by atoms with Crippen molar-refractivity contribution in [2.45, 2.75) is 38.9 Å². The third-order valence-corrected chi connectivity index (χ3v) is 6.62. The molecule has 4 N–H and O–H groups in total. The normalized spacial score (nSPS) is 13.8. The first-order valence-electron chi connectivity index (χ1n) is 12.1. The molecule has 4 nitrogen and oxygen atoms in total. The molecule has 0 spiro atoms. The third kappa shape index (κ3) is 4.93. The molecule has 174 valence electrons. The number of ether oxygens (including phenoxy) is 2. The first kappa shape index (κ1) is 22.5. The van der Waals surface area contributed by atoms with E-state index >= 15 is 0 Å². The molecule has 0 saturated heterocycles. The number of allylic oxidation sites excluding steroid dienone is 2. The number of benzene rings is 3. The van der Waals surface area contributed by atoms with Crippen molar-refractivity contribution in [1.29, 1.82) is 0 Å². The summed E-state index contributed by atoms with van der Waals surface area (Å²) in [5.74, 6) is 1.79. The Morgan fingerprint density at radius 3 is 1.59 bits per heavy atom. The molecule has 0 atom stereocenters. The molecule has 2 aliphatic carbocycles. The smallest absolute Gasteiger partial charge is 0.120 e. The maximum absolute atomic E-state index is 6.13. The number of nitrogens with two attached hydrogens (primary N) is 2. The molecule has 34 heavy (non-hydrogen) atoms. The lowest BCUT2D eigenvalue weighted by Crippen LogP contribution is -2.01. The van der Waals surface area contributed by atoms with E-state index < -0.39 is 0 Å². The summed E-state index contributed by atoms with van der Waals surface area (Å²) in [7, 11) is 0. The van der Waals surface area contributed by atoms with E-state index in [0.29, 0.717) is 26.3 Å². The van der Waals surface area contributed by atoms with Crippen LogP contribution in [0.5, 0.6) is 11.5 Å². The lowest BCUT2D eigenvalue weighted by Gasteiger charge is -2.12. The molecule has 0 unspecified atom stereocenters. The van der Waals surface area contributed by atoms with Gasteiger partial charge in [-0.25, -0.2) is 0 Å². The van der Waals surface area contributed by atoms with Gasteiger partial charge < -0.3 is 20.9 Å². The van der Waals surface area contributed by atoms with Gasteiger partial charge in [0, 0.05) is 0 Å². The topological polar surface area (TPSA) is 70.5 Å². The number of hydrogen-bond acceptors (Lipinski definition) is 4. The fourth-order valence-corrected chi connectivity index (χ4v) is 4.86. The predicted molar refractivity (Wildman–Crippen MR) is 139 cm³/mol. The van der Waals surface area contributed by atoms with Gasteiger partial charge in [0.15, 0.2) is 0 Å². The maximum atomic E-state index is 6.13. The molecule has 0 radical (unpaired) electrons. The van der Waals surface area contributed by atoms with E-state index in [2.05, 4.69) is 72.8 Å². The van der Waals surface area contributed by atoms with Crippen molar-refractivity contribution < 1.29 is 9.47 Å². The summed E-state index contributed by atoms with van der Waals surface area (Å²) in [5, 5.41) is 0. The number of hydrogen-bond donors (Lipinski definition) is 2. The van der Waals surface area contributed by atoms with Crippen LogP contribution in [0.4, 0.5) is 0 Å². The molecule has 0 bridgehead atoms. The Balaban J connectivity index is 1.20. The number of fused-ring (bicyclic) bond motifs is 2. The summed E-state index contributed by atoms with van der Waals surface area (Å²) in [4.78, 5) is 0. The largest absolute Gasteiger partial charge is 0.489 e. The average Bonchev–Trinajstić information content (AvgIpc) is 3.46. The SMILES string of the molecule is NCCC1=CCc2ccc(OCc3cccc(COc4ccc5c(c4)C(CCN)=CC5)c3)cc21. The molecule has 4 heteroatoms. The summed E-state index contributed by atoms with van der Waals surface area (Å²) in [5.41, 5.74) is 21.7. The molecule has 3 aromatic carbocycles. The zero-order valence-electron chi connectivity index (χ0n) is 19.6. The fraction of sp³-hybridized carbons (Fsp3) is 0.267. The minimum atomic E-state index is 0.522. The first-order valence-corrected chi connectivity index (χ1v) is 12.1. The lowest BCUT2D eigenvalue weighted by atomic mass is 10.0. The Bertz CT molecular complexity index is 1150. The predicted octanol–water partition coefficient (Wildman–Crippen LogP) is 5.42. The summed E-state index contributed by atoms with van der Waals surface area (Å²) in [6.07, 6.45) is 8.35. The van der Waals surface area contributed by atoms with Gasteiger partial charge >= 0.3 is 0 Å². The van der Waals surface area contributed by atoms with Crippen LogP contribution in [0.2, 0.25) is 0 Å². The van der Waals surface area contributed by atoms with Crippen LogP contribution in [0.25, 0.3) is 11.1 Å². The monoisotopic (exact) mass is 452 g/mol. The maximum Gasteiger partial charge on any atom is 0.120 e. The molecule has 2 aliphatic rings. The molecule has 0 amide bonds. The fourth-order valence-electron chi connectivity index (χ4n) is 4.86. The summed E-state index contributed by atoms with van der Waals surface area (Å²) in [6.45, 7) is 2.38. The summed E-state index contributed by atoms with van der Waals surface area (Å²) >= 11 is 0. The summed E-state index contributed by atoms with van der Waals surface area (Å²) < 4.78 is 12.3. The van der Waals surface area contributed by atoms with Crippen molar-refractivity contribution >= 4 is 11.1 Å². The minimum Gasteiger partial charge on any atom is -0.489 e. The van der Waals surface area contributed by atoms with Gasteiger partial charge in [0.1, 0.15) is 24.7 Å². The van der Waals surface area contributed by atoms with Crippen molar-refractivity contribution in [1.82, 2.24) is 0 Å². The Kier molecular flexibility index (Phi) is 6.79. The molecule has 0 heterocycles. The molecule has 0 aromatic heterocycles. The zero-order valence-corrected chi connectivity index (χ0v) is 19.6. The van der Waals surface area contributed by atoms with Gasteiger partial charge in [-0.05, 0) is 114 Å². The Labute approximate surface area is 201 Å². The van der Waals surface area contributed by atoms with Crippen molar-refractivity contribution in [3.63, 3.8) is 0 Å². The molecule has 0 aliphatic heterocycles. The second kappa shape index (κ2) is 10.3. The van der Waals surface area contributed by atoms with Crippen LogP contribution in [-0.2, 0) is 26.1 Å². The highest BCUT2D eigenvalue weighted by Gasteiger charge is 2.15. The average molecular weight is 453 g/mol. The Morgan fingerprint density at radius 2 is 1.12 bits per heavy atom. The highest BCUT2D eigenvalue weighted by atomic mass is 16.5. The molecule has 0 saturated carbocycles. The Hall–Kier alpha value is -3.34. The van der Waals surface area contributed by atoms with Gasteiger partial charge in [-0.2, -0.15) is 0 Å². The van der Waals surface area contributed by atoms with Crippen LogP contribution in [0.1, 0.15) is 46.2 Å². The zero-order chi connectivity index (χ0) is 23.3. The van der Waals surface area contributed by atoms with Crippen LogP contribution in [0.15, 0.2) is 72.8 Å².